The molecule has 0 radical (unpaired) electrons. The van der Waals surface area contributed by atoms with Gasteiger partial charge in [-0.05, 0) is 72.7 Å². The molecule has 0 aliphatic heterocycles. The Balaban J connectivity index is 1.63. The number of ether oxygens (including phenoxy) is 2. The maximum Gasteiger partial charge on any atom is 0.416 e. The van der Waals surface area contributed by atoms with E-state index in [1.165, 1.54) is 6.07 Å². The van der Waals surface area contributed by atoms with Crippen molar-refractivity contribution < 1.29 is 27.4 Å². The number of allylic oxidation sites excluding steroid dienone is 2. The fourth-order valence-electron chi connectivity index (χ4n) is 5.01. The molecule has 0 spiro atoms. The molecule has 0 saturated carbocycles. The van der Waals surface area contributed by atoms with Gasteiger partial charge in [0.2, 0.25) is 0 Å². The van der Waals surface area contributed by atoms with Crippen LogP contribution in [0.15, 0.2) is 91.1 Å². The molecule has 3 aromatic carbocycles. The Morgan fingerprint density at radius 1 is 0.875 bits per heavy atom. The minimum Gasteiger partial charge on any atom is -0.488 e. The van der Waals surface area contributed by atoms with Crippen LogP contribution in [0.5, 0.6) is 5.75 Å². The largest absolute Gasteiger partial charge is 0.488 e. The maximum atomic E-state index is 13.6. The van der Waals surface area contributed by atoms with Gasteiger partial charge in [0.05, 0.1) is 23.4 Å². The number of esters is 1. The van der Waals surface area contributed by atoms with Crippen LogP contribution in [0.1, 0.15) is 58.9 Å². The van der Waals surface area contributed by atoms with Crippen LogP contribution in [0.4, 0.5) is 13.2 Å². The number of hydrogen-bond acceptors (Lipinski definition) is 4. The summed E-state index contributed by atoms with van der Waals surface area (Å²) in [6.45, 7) is 2.28. The second-order valence-corrected chi connectivity index (χ2v) is 9.50. The van der Waals surface area contributed by atoms with Crippen molar-refractivity contribution in [1.29, 1.82) is 0 Å². The second-order valence-electron chi connectivity index (χ2n) is 9.50. The molecule has 0 fully saturated rings. The van der Waals surface area contributed by atoms with Crippen LogP contribution in [0.3, 0.4) is 0 Å². The van der Waals surface area contributed by atoms with Gasteiger partial charge in [0.25, 0.3) is 0 Å². The van der Waals surface area contributed by atoms with Crippen molar-refractivity contribution in [3.05, 3.63) is 119 Å². The van der Waals surface area contributed by atoms with Crippen molar-refractivity contribution in [2.24, 2.45) is 0 Å². The van der Waals surface area contributed by atoms with Crippen molar-refractivity contribution in [3.63, 3.8) is 0 Å². The number of benzene rings is 3. The lowest BCUT2D eigenvalue weighted by atomic mass is 9.93. The van der Waals surface area contributed by atoms with Gasteiger partial charge in [-0.15, -0.1) is 0 Å². The predicted molar refractivity (Wildman–Crippen MR) is 149 cm³/mol. The molecular formula is C33H28F3NO3. The monoisotopic (exact) mass is 543 g/mol. The standard InChI is InChI=1S/C33H28F3NO3/c1-2-39-32(38)24-17-18-37-30(20-24)28-15-8-14-27(28)29-16-7-13-26(23-11-6-12-25(19-23)33(34,35)36)31(29)40-21-22-9-4-3-5-10-22/h3-7,9-13,16-20H,2,8,14-15,21H2,1H3. The average molecular weight is 544 g/mol. The van der Waals surface area contributed by atoms with E-state index in [1.54, 1.807) is 37.4 Å². The summed E-state index contributed by atoms with van der Waals surface area (Å²) in [6, 6.07) is 23.9. The lowest BCUT2D eigenvalue weighted by molar-refractivity contribution is -0.137. The maximum absolute atomic E-state index is 13.6. The van der Waals surface area contributed by atoms with E-state index in [0.717, 1.165) is 53.7 Å². The fourth-order valence-corrected chi connectivity index (χ4v) is 5.01. The van der Waals surface area contributed by atoms with E-state index in [4.69, 9.17) is 9.47 Å². The van der Waals surface area contributed by atoms with Crippen LogP contribution in [-0.4, -0.2) is 17.6 Å². The Morgan fingerprint density at radius 2 is 1.62 bits per heavy atom. The quantitative estimate of drug-likeness (QED) is 0.209. The van der Waals surface area contributed by atoms with E-state index >= 15 is 0 Å². The van der Waals surface area contributed by atoms with Crippen molar-refractivity contribution >= 4 is 17.1 Å². The number of carbonyl (C=O) groups excluding carboxylic acids is 1. The SMILES string of the molecule is CCOC(=O)c1ccnc(C2=C(c3cccc(-c4cccc(C(F)(F)F)c4)c3OCc3ccccc3)CCC2)c1. The Morgan fingerprint density at radius 3 is 2.40 bits per heavy atom. The lowest BCUT2D eigenvalue weighted by Gasteiger charge is -2.19. The molecule has 1 aliphatic rings. The molecule has 1 aromatic heterocycles. The minimum absolute atomic E-state index is 0.253. The zero-order chi connectivity index (χ0) is 28.1. The summed E-state index contributed by atoms with van der Waals surface area (Å²) in [5, 5.41) is 0. The number of carbonyl (C=O) groups is 1. The number of nitrogens with zero attached hydrogens (tertiary/aromatic N) is 1. The molecule has 0 unspecified atom stereocenters. The smallest absolute Gasteiger partial charge is 0.416 e. The average Bonchev–Trinajstić information content (AvgIpc) is 3.46. The minimum atomic E-state index is -4.46. The van der Waals surface area contributed by atoms with Gasteiger partial charge in [-0.1, -0.05) is 60.7 Å². The molecule has 4 aromatic rings. The van der Waals surface area contributed by atoms with Gasteiger partial charge in [0.15, 0.2) is 0 Å². The summed E-state index contributed by atoms with van der Waals surface area (Å²) >= 11 is 0. The number of para-hydroxylation sites is 1. The Kier molecular flexibility index (Phi) is 8.01. The van der Waals surface area contributed by atoms with Gasteiger partial charge in [0.1, 0.15) is 12.4 Å². The summed E-state index contributed by atoms with van der Waals surface area (Å²) in [6.07, 6.45) is -0.497. The molecule has 1 aliphatic carbocycles. The number of pyridine rings is 1. The lowest BCUT2D eigenvalue weighted by Crippen LogP contribution is -2.06. The molecule has 0 atom stereocenters. The normalized spacial score (nSPS) is 13.4. The molecule has 0 N–H and O–H groups in total. The van der Waals surface area contributed by atoms with E-state index in [0.29, 0.717) is 28.1 Å². The van der Waals surface area contributed by atoms with E-state index in [-0.39, 0.29) is 13.2 Å². The van der Waals surface area contributed by atoms with Crippen LogP contribution in [0.2, 0.25) is 0 Å². The molecule has 0 amide bonds. The molecule has 1 heterocycles. The molecule has 0 bridgehead atoms. The van der Waals surface area contributed by atoms with Crippen molar-refractivity contribution in [3.8, 4) is 16.9 Å². The number of rotatable bonds is 8. The van der Waals surface area contributed by atoms with Crippen LogP contribution >= 0.6 is 0 Å². The highest BCUT2D eigenvalue weighted by molar-refractivity contribution is 5.97. The topological polar surface area (TPSA) is 48.4 Å². The molecular weight excluding hydrogens is 515 g/mol. The Hall–Kier alpha value is -4.39. The predicted octanol–water partition coefficient (Wildman–Crippen LogP) is 8.62. The zero-order valence-electron chi connectivity index (χ0n) is 22.0. The molecule has 4 nitrogen and oxygen atoms in total. The third kappa shape index (κ3) is 5.93. The van der Waals surface area contributed by atoms with Crippen LogP contribution < -0.4 is 4.74 Å². The first-order chi connectivity index (χ1) is 19.3. The molecule has 7 heteroatoms. The van der Waals surface area contributed by atoms with Gasteiger partial charge in [-0.3, -0.25) is 4.98 Å². The van der Waals surface area contributed by atoms with Gasteiger partial charge < -0.3 is 9.47 Å². The van der Waals surface area contributed by atoms with E-state index < -0.39 is 17.7 Å². The summed E-state index contributed by atoms with van der Waals surface area (Å²) in [5.41, 5.74) is 5.11. The third-order valence-corrected chi connectivity index (χ3v) is 6.87. The number of aromatic nitrogens is 1. The van der Waals surface area contributed by atoms with Gasteiger partial charge in [-0.25, -0.2) is 4.79 Å². The highest BCUT2D eigenvalue weighted by atomic mass is 19.4. The Bertz CT molecular complexity index is 1540. The third-order valence-electron chi connectivity index (χ3n) is 6.87. The zero-order valence-corrected chi connectivity index (χ0v) is 22.0. The van der Waals surface area contributed by atoms with Gasteiger partial charge in [0, 0.05) is 17.3 Å². The molecule has 0 saturated heterocycles. The van der Waals surface area contributed by atoms with Crippen LogP contribution in [0.25, 0.3) is 22.3 Å². The first-order valence-corrected chi connectivity index (χ1v) is 13.2. The summed E-state index contributed by atoms with van der Waals surface area (Å²) in [7, 11) is 0. The second kappa shape index (κ2) is 11.8. The summed E-state index contributed by atoms with van der Waals surface area (Å²) in [5.74, 6) is 0.103. The number of halogens is 3. The van der Waals surface area contributed by atoms with Crippen molar-refractivity contribution in [2.45, 2.75) is 39.0 Å². The van der Waals surface area contributed by atoms with Crippen LogP contribution in [0, 0.1) is 0 Å². The first kappa shape index (κ1) is 27.2. The first-order valence-electron chi connectivity index (χ1n) is 13.2. The summed E-state index contributed by atoms with van der Waals surface area (Å²) in [4.78, 5) is 16.9. The fraction of sp³-hybridized carbons (Fsp3) is 0.212. The number of hydrogen-bond donors (Lipinski definition) is 0. The molecule has 40 heavy (non-hydrogen) atoms. The Labute approximate surface area is 231 Å². The van der Waals surface area contributed by atoms with Gasteiger partial charge in [-0.2, -0.15) is 13.2 Å². The van der Waals surface area contributed by atoms with E-state index in [9.17, 15) is 18.0 Å². The molecule has 5 rings (SSSR count). The van der Waals surface area contributed by atoms with Crippen molar-refractivity contribution in [1.82, 2.24) is 4.98 Å². The van der Waals surface area contributed by atoms with E-state index in [1.807, 2.05) is 42.5 Å². The van der Waals surface area contributed by atoms with Gasteiger partial charge >= 0.3 is 12.1 Å². The highest BCUT2D eigenvalue weighted by Crippen LogP contribution is 2.46. The van der Waals surface area contributed by atoms with Crippen molar-refractivity contribution in [2.75, 3.05) is 6.61 Å². The van der Waals surface area contributed by atoms with E-state index in [2.05, 4.69) is 4.98 Å². The molecule has 204 valence electrons. The highest BCUT2D eigenvalue weighted by Gasteiger charge is 2.31. The number of alkyl halides is 3. The van der Waals surface area contributed by atoms with Crippen LogP contribution in [-0.2, 0) is 17.5 Å². The summed E-state index contributed by atoms with van der Waals surface area (Å²) < 4.78 is 52.3.